The summed E-state index contributed by atoms with van der Waals surface area (Å²) in [5.74, 6) is 0.950. The lowest BCUT2D eigenvalue weighted by molar-refractivity contribution is 0.111. The quantitative estimate of drug-likeness (QED) is 0.732. The Labute approximate surface area is 94.7 Å². The van der Waals surface area contributed by atoms with Gasteiger partial charge in [-0.05, 0) is 5.56 Å². The maximum atomic E-state index is 10.7. The van der Waals surface area contributed by atoms with Gasteiger partial charge in [0.05, 0.1) is 0 Å². The van der Waals surface area contributed by atoms with E-state index in [-0.39, 0.29) is 0 Å². The molecule has 0 atom stereocenters. The zero-order valence-corrected chi connectivity index (χ0v) is 9.26. The van der Waals surface area contributed by atoms with E-state index < -0.39 is 0 Å². The number of rotatable bonds is 4. The van der Waals surface area contributed by atoms with E-state index in [1.54, 1.807) is 6.20 Å². The van der Waals surface area contributed by atoms with E-state index in [2.05, 4.69) is 17.1 Å². The van der Waals surface area contributed by atoms with Gasteiger partial charge in [0, 0.05) is 19.2 Å². The summed E-state index contributed by atoms with van der Waals surface area (Å²) in [5, 5.41) is 0. The first kappa shape index (κ1) is 10.6. The maximum Gasteiger partial charge on any atom is 0.170 e. The van der Waals surface area contributed by atoms with Gasteiger partial charge in [-0.25, -0.2) is 4.98 Å². The minimum Gasteiger partial charge on any atom is -0.330 e. The molecule has 1 aromatic carbocycles. The third-order valence-corrected chi connectivity index (χ3v) is 2.51. The number of carbonyl (C=O) groups is 1. The summed E-state index contributed by atoms with van der Waals surface area (Å²) in [5.41, 5.74) is 1.72. The van der Waals surface area contributed by atoms with Crippen molar-refractivity contribution in [2.75, 3.05) is 0 Å². The third kappa shape index (κ3) is 2.19. The fourth-order valence-electron chi connectivity index (χ4n) is 1.73. The largest absolute Gasteiger partial charge is 0.330 e. The van der Waals surface area contributed by atoms with Crippen molar-refractivity contribution in [2.24, 2.45) is 0 Å². The monoisotopic (exact) mass is 214 g/mol. The van der Waals surface area contributed by atoms with Gasteiger partial charge in [0.25, 0.3) is 0 Å². The molecule has 82 valence electrons. The molecule has 16 heavy (non-hydrogen) atoms. The number of carbonyl (C=O) groups excluding carboxylic acids is 1. The lowest BCUT2D eigenvalue weighted by atomic mass is 10.2. The fourth-order valence-corrected chi connectivity index (χ4v) is 1.73. The predicted octanol–water partition coefficient (Wildman–Crippen LogP) is 2.31. The van der Waals surface area contributed by atoms with Crippen molar-refractivity contribution in [1.82, 2.24) is 9.55 Å². The Balaban J connectivity index is 2.27. The first-order valence-corrected chi connectivity index (χ1v) is 5.38. The molecule has 0 fully saturated rings. The molecule has 1 heterocycles. The maximum absolute atomic E-state index is 10.7. The molecule has 0 aliphatic rings. The first-order valence-electron chi connectivity index (χ1n) is 5.38. The Morgan fingerprint density at radius 2 is 2.06 bits per heavy atom. The standard InChI is InChI=1S/C13H14N2O/c1-2-13-14-12(10-16)9-15(13)8-11-6-4-3-5-7-11/h3-7,9-10H,2,8H2,1H3. The fraction of sp³-hybridized carbons (Fsp3) is 0.231. The van der Waals surface area contributed by atoms with Crippen LogP contribution in [-0.2, 0) is 13.0 Å². The Morgan fingerprint density at radius 1 is 1.31 bits per heavy atom. The topological polar surface area (TPSA) is 34.9 Å². The van der Waals surface area contributed by atoms with Crippen LogP contribution in [0.1, 0.15) is 28.8 Å². The molecule has 0 N–H and O–H groups in total. The molecule has 1 aromatic heterocycles. The Kier molecular flexibility index (Phi) is 3.15. The van der Waals surface area contributed by atoms with E-state index in [0.29, 0.717) is 5.69 Å². The summed E-state index contributed by atoms with van der Waals surface area (Å²) in [6.45, 7) is 2.81. The highest BCUT2D eigenvalue weighted by Crippen LogP contribution is 2.07. The lowest BCUT2D eigenvalue weighted by Crippen LogP contribution is -2.02. The van der Waals surface area contributed by atoms with Crippen molar-refractivity contribution in [3.05, 3.63) is 53.6 Å². The van der Waals surface area contributed by atoms with Crippen LogP contribution in [0.5, 0.6) is 0 Å². The van der Waals surface area contributed by atoms with Crippen molar-refractivity contribution in [3.8, 4) is 0 Å². The lowest BCUT2D eigenvalue weighted by Gasteiger charge is -2.05. The number of nitrogens with zero attached hydrogens (tertiary/aromatic N) is 2. The second kappa shape index (κ2) is 4.75. The van der Waals surface area contributed by atoms with Crippen molar-refractivity contribution < 1.29 is 4.79 Å². The van der Waals surface area contributed by atoms with Crippen LogP contribution in [0.15, 0.2) is 36.5 Å². The molecule has 0 saturated heterocycles. The summed E-state index contributed by atoms with van der Waals surface area (Å²) in [4.78, 5) is 14.9. The Morgan fingerprint density at radius 3 is 2.69 bits per heavy atom. The number of benzene rings is 1. The number of hydrogen-bond donors (Lipinski definition) is 0. The zero-order chi connectivity index (χ0) is 11.4. The summed E-state index contributed by atoms with van der Waals surface area (Å²) >= 11 is 0. The normalized spacial score (nSPS) is 10.3. The second-order valence-electron chi connectivity index (χ2n) is 3.67. The summed E-state index contributed by atoms with van der Waals surface area (Å²) < 4.78 is 2.03. The average molecular weight is 214 g/mol. The predicted molar refractivity (Wildman–Crippen MR) is 62.5 cm³/mol. The smallest absolute Gasteiger partial charge is 0.170 e. The highest BCUT2D eigenvalue weighted by atomic mass is 16.1. The number of aromatic nitrogens is 2. The molecule has 0 saturated carbocycles. The van der Waals surface area contributed by atoms with Gasteiger partial charge in [0.2, 0.25) is 0 Å². The summed E-state index contributed by atoms with van der Waals surface area (Å²) in [6, 6.07) is 10.2. The van der Waals surface area contributed by atoms with E-state index in [0.717, 1.165) is 25.1 Å². The van der Waals surface area contributed by atoms with Gasteiger partial charge in [0.1, 0.15) is 11.5 Å². The minimum absolute atomic E-state index is 0.507. The minimum atomic E-state index is 0.507. The van der Waals surface area contributed by atoms with Crippen LogP contribution in [0.4, 0.5) is 0 Å². The van der Waals surface area contributed by atoms with Crippen LogP contribution in [-0.4, -0.2) is 15.8 Å². The van der Waals surface area contributed by atoms with Gasteiger partial charge in [-0.3, -0.25) is 4.79 Å². The molecule has 0 bridgehead atoms. The molecule has 2 aromatic rings. The molecule has 3 heteroatoms. The van der Waals surface area contributed by atoms with Crippen LogP contribution in [0.25, 0.3) is 0 Å². The Hall–Kier alpha value is -1.90. The number of imidazole rings is 1. The second-order valence-corrected chi connectivity index (χ2v) is 3.67. The van der Waals surface area contributed by atoms with E-state index in [9.17, 15) is 4.79 Å². The highest BCUT2D eigenvalue weighted by molar-refractivity contribution is 5.71. The van der Waals surface area contributed by atoms with Gasteiger partial charge in [-0.15, -0.1) is 0 Å². The zero-order valence-electron chi connectivity index (χ0n) is 9.26. The van der Waals surface area contributed by atoms with Crippen molar-refractivity contribution in [3.63, 3.8) is 0 Å². The summed E-state index contributed by atoms with van der Waals surface area (Å²) in [6.07, 6.45) is 3.43. The van der Waals surface area contributed by atoms with Crippen LogP contribution in [0, 0.1) is 0 Å². The van der Waals surface area contributed by atoms with E-state index in [1.165, 1.54) is 5.56 Å². The first-order chi connectivity index (χ1) is 7.83. The van der Waals surface area contributed by atoms with Gasteiger partial charge in [-0.1, -0.05) is 37.3 Å². The van der Waals surface area contributed by atoms with E-state index in [4.69, 9.17) is 0 Å². The molecule has 0 unspecified atom stereocenters. The van der Waals surface area contributed by atoms with Crippen LogP contribution in [0.3, 0.4) is 0 Å². The molecular formula is C13H14N2O. The molecule has 0 radical (unpaired) electrons. The molecule has 2 rings (SSSR count). The van der Waals surface area contributed by atoms with Crippen molar-refractivity contribution in [1.29, 1.82) is 0 Å². The van der Waals surface area contributed by atoms with Crippen LogP contribution < -0.4 is 0 Å². The van der Waals surface area contributed by atoms with Gasteiger partial charge in [0.15, 0.2) is 6.29 Å². The molecule has 0 amide bonds. The van der Waals surface area contributed by atoms with E-state index in [1.807, 2.05) is 29.7 Å². The van der Waals surface area contributed by atoms with Crippen molar-refractivity contribution >= 4 is 6.29 Å². The molecular weight excluding hydrogens is 200 g/mol. The van der Waals surface area contributed by atoms with Gasteiger partial charge in [-0.2, -0.15) is 0 Å². The molecule has 0 spiro atoms. The molecule has 0 aliphatic heterocycles. The summed E-state index contributed by atoms with van der Waals surface area (Å²) in [7, 11) is 0. The Bertz CT molecular complexity index is 474. The van der Waals surface area contributed by atoms with Crippen molar-refractivity contribution in [2.45, 2.75) is 19.9 Å². The van der Waals surface area contributed by atoms with E-state index >= 15 is 0 Å². The molecule has 0 aliphatic carbocycles. The van der Waals surface area contributed by atoms with Gasteiger partial charge >= 0.3 is 0 Å². The van der Waals surface area contributed by atoms with Gasteiger partial charge < -0.3 is 4.57 Å². The number of aldehydes is 1. The highest BCUT2D eigenvalue weighted by Gasteiger charge is 2.05. The third-order valence-electron chi connectivity index (χ3n) is 2.51. The average Bonchev–Trinajstić information content (AvgIpc) is 2.73. The number of aryl methyl sites for hydroxylation is 1. The molecule has 3 nitrogen and oxygen atoms in total. The van der Waals surface area contributed by atoms with Crippen LogP contribution in [0.2, 0.25) is 0 Å². The van der Waals surface area contributed by atoms with Crippen LogP contribution >= 0.6 is 0 Å². The SMILES string of the molecule is CCc1nc(C=O)cn1Cc1ccccc1. The number of hydrogen-bond acceptors (Lipinski definition) is 2.